The number of nitrogens with one attached hydrogen (secondary N) is 1. The summed E-state index contributed by atoms with van der Waals surface area (Å²) in [6, 6.07) is 0. The van der Waals surface area contributed by atoms with E-state index in [4.69, 9.17) is 0 Å². The number of thioether (sulfide) groups is 1. The summed E-state index contributed by atoms with van der Waals surface area (Å²) < 4.78 is 1.76. The largest absolute Gasteiger partial charge is 0.355 e. The minimum absolute atomic E-state index is 0.0615. The molecule has 0 aliphatic heterocycles. The summed E-state index contributed by atoms with van der Waals surface area (Å²) in [4.78, 5) is 21.3. The zero-order valence-corrected chi connectivity index (χ0v) is 16.3. The highest BCUT2D eigenvalue weighted by Crippen LogP contribution is 2.24. The van der Waals surface area contributed by atoms with E-state index in [0.717, 1.165) is 23.5 Å². The molecular weight excluding hydrogens is 334 g/mol. The van der Waals surface area contributed by atoms with Crippen molar-refractivity contribution in [2.24, 2.45) is 5.92 Å². The predicted molar refractivity (Wildman–Crippen MR) is 99.9 cm³/mol. The molecule has 136 valence electrons. The second-order valence-corrected chi connectivity index (χ2v) is 8.33. The number of hydrogen-bond acceptors (Lipinski definition) is 5. The topological polar surface area (TPSA) is 72.2 Å². The molecule has 1 amide bonds. The van der Waals surface area contributed by atoms with Crippen molar-refractivity contribution in [2.45, 2.75) is 70.2 Å². The number of rotatable bonds is 5. The number of carbonyl (C=O) groups excluding carboxylic acids is 1. The summed E-state index contributed by atoms with van der Waals surface area (Å²) in [6.07, 6.45) is 6.39. The molecule has 1 N–H and O–H groups in total. The number of aryl methyl sites for hydroxylation is 2. The molecule has 2 heterocycles. The maximum absolute atomic E-state index is 12.4. The Morgan fingerprint density at radius 2 is 1.96 bits per heavy atom. The molecule has 1 atom stereocenters. The molecule has 0 spiro atoms. The first-order valence-corrected chi connectivity index (χ1v) is 9.98. The van der Waals surface area contributed by atoms with Gasteiger partial charge >= 0.3 is 0 Å². The van der Waals surface area contributed by atoms with Gasteiger partial charge in [0.25, 0.3) is 5.78 Å². The van der Waals surface area contributed by atoms with Crippen LogP contribution in [0.25, 0.3) is 5.78 Å². The molecule has 3 rings (SSSR count). The van der Waals surface area contributed by atoms with Crippen LogP contribution in [0.4, 0.5) is 0 Å². The van der Waals surface area contributed by atoms with Crippen LogP contribution in [0.15, 0.2) is 5.16 Å². The second-order valence-electron chi connectivity index (χ2n) is 7.02. The predicted octanol–water partition coefficient (Wildman–Crippen LogP) is 3.23. The van der Waals surface area contributed by atoms with Crippen LogP contribution < -0.4 is 5.32 Å². The lowest BCUT2D eigenvalue weighted by molar-refractivity contribution is -0.120. The van der Waals surface area contributed by atoms with Gasteiger partial charge in [0.2, 0.25) is 11.1 Å². The summed E-state index contributed by atoms with van der Waals surface area (Å²) in [5.41, 5.74) is 3.12. The van der Waals surface area contributed by atoms with Crippen LogP contribution in [-0.2, 0) is 4.79 Å². The van der Waals surface area contributed by atoms with Gasteiger partial charge in [-0.15, -0.1) is 5.10 Å². The molecule has 1 aliphatic carbocycles. The van der Waals surface area contributed by atoms with Gasteiger partial charge in [0.1, 0.15) is 0 Å². The molecule has 6 nitrogen and oxygen atoms in total. The number of nitrogens with zero attached hydrogens (tertiary/aromatic N) is 4. The van der Waals surface area contributed by atoms with Crippen LogP contribution in [0.3, 0.4) is 0 Å². The van der Waals surface area contributed by atoms with Crippen molar-refractivity contribution in [1.29, 1.82) is 0 Å². The average molecular weight is 362 g/mol. The normalized spacial score (nSPS) is 17.0. The molecule has 0 radical (unpaired) electrons. The molecule has 1 saturated carbocycles. The van der Waals surface area contributed by atoms with Crippen LogP contribution in [0.1, 0.15) is 56.0 Å². The molecular formula is C18H27N5OS. The number of aromatic nitrogens is 4. The van der Waals surface area contributed by atoms with Gasteiger partial charge in [-0.2, -0.15) is 4.98 Å². The zero-order chi connectivity index (χ0) is 18.0. The lowest BCUT2D eigenvalue weighted by Crippen LogP contribution is -2.35. The lowest BCUT2D eigenvalue weighted by atomic mass is 9.89. The highest BCUT2D eigenvalue weighted by atomic mass is 32.2. The SMILES string of the molecule is Cc1nc2nc(SC(C)C(=O)NCC3CCCCC3)nn2c(C)c1C. The van der Waals surface area contributed by atoms with Crippen LogP contribution in [0.2, 0.25) is 0 Å². The quantitative estimate of drug-likeness (QED) is 0.828. The van der Waals surface area contributed by atoms with Crippen molar-refractivity contribution in [2.75, 3.05) is 6.54 Å². The Hall–Kier alpha value is -1.63. The summed E-state index contributed by atoms with van der Waals surface area (Å²) in [5.74, 6) is 1.30. The standard InChI is InChI=1S/C18H27N5OS/c1-11-12(2)20-17-21-18(22-23(17)13(11)3)25-14(4)16(24)19-10-15-8-6-5-7-9-15/h14-15H,5-10H2,1-4H3,(H,19,24). The molecule has 1 unspecified atom stereocenters. The van der Waals surface area contributed by atoms with Gasteiger partial charge in [-0.05, 0) is 52.0 Å². The van der Waals surface area contributed by atoms with Gasteiger partial charge in [-0.1, -0.05) is 31.0 Å². The van der Waals surface area contributed by atoms with Gasteiger partial charge in [-0.3, -0.25) is 4.79 Å². The van der Waals surface area contributed by atoms with Crippen LogP contribution in [0, 0.1) is 26.7 Å². The smallest absolute Gasteiger partial charge is 0.253 e. The maximum atomic E-state index is 12.4. The molecule has 0 aromatic carbocycles. The van der Waals surface area contributed by atoms with Crippen molar-refractivity contribution in [3.63, 3.8) is 0 Å². The van der Waals surface area contributed by atoms with E-state index in [2.05, 4.69) is 20.4 Å². The molecule has 1 aliphatic rings. The van der Waals surface area contributed by atoms with Gasteiger partial charge in [0.05, 0.1) is 5.25 Å². The van der Waals surface area contributed by atoms with E-state index in [0.29, 0.717) is 16.9 Å². The Labute approximate surface area is 153 Å². The third-order valence-corrected chi connectivity index (χ3v) is 6.13. The minimum atomic E-state index is -0.219. The Morgan fingerprint density at radius 3 is 2.68 bits per heavy atom. The minimum Gasteiger partial charge on any atom is -0.355 e. The number of amides is 1. The zero-order valence-electron chi connectivity index (χ0n) is 15.5. The van der Waals surface area contributed by atoms with Crippen LogP contribution in [-0.4, -0.2) is 37.3 Å². The first-order valence-electron chi connectivity index (χ1n) is 9.10. The fourth-order valence-corrected chi connectivity index (χ4v) is 4.05. The molecule has 2 aromatic rings. The van der Waals surface area contributed by atoms with Gasteiger partial charge in [0, 0.05) is 17.9 Å². The first-order chi connectivity index (χ1) is 12.0. The maximum Gasteiger partial charge on any atom is 0.253 e. The number of fused-ring (bicyclic) bond motifs is 1. The fourth-order valence-electron chi connectivity index (χ4n) is 3.28. The van der Waals surface area contributed by atoms with E-state index in [1.165, 1.54) is 43.9 Å². The van der Waals surface area contributed by atoms with E-state index in [-0.39, 0.29) is 11.2 Å². The number of hydrogen-bond donors (Lipinski definition) is 1. The van der Waals surface area contributed by atoms with Crippen molar-refractivity contribution in [1.82, 2.24) is 24.9 Å². The van der Waals surface area contributed by atoms with E-state index >= 15 is 0 Å². The Bertz CT molecular complexity index is 766. The fraction of sp³-hybridized carbons (Fsp3) is 0.667. The second kappa shape index (κ2) is 7.72. The first kappa shape index (κ1) is 18.2. The van der Waals surface area contributed by atoms with E-state index in [1.807, 2.05) is 27.7 Å². The molecule has 2 aromatic heterocycles. The van der Waals surface area contributed by atoms with Gasteiger partial charge in [0.15, 0.2) is 0 Å². The summed E-state index contributed by atoms with van der Waals surface area (Å²) in [6.45, 7) is 8.73. The molecule has 1 fully saturated rings. The summed E-state index contributed by atoms with van der Waals surface area (Å²) >= 11 is 1.39. The highest BCUT2D eigenvalue weighted by molar-refractivity contribution is 8.00. The Balaban J connectivity index is 1.62. The Kier molecular flexibility index (Phi) is 5.61. The van der Waals surface area contributed by atoms with E-state index in [9.17, 15) is 4.79 Å². The monoisotopic (exact) mass is 361 g/mol. The van der Waals surface area contributed by atoms with Crippen molar-refractivity contribution >= 4 is 23.4 Å². The number of carbonyl (C=O) groups is 1. The van der Waals surface area contributed by atoms with E-state index in [1.54, 1.807) is 4.52 Å². The molecule has 0 saturated heterocycles. The van der Waals surface area contributed by atoms with Crippen molar-refractivity contribution in [3.8, 4) is 0 Å². The van der Waals surface area contributed by atoms with Crippen molar-refractivity contribution < 1.29 is 4.79 Å². The summed E-state index contributed by atoms with van der Waals surface area (Å²) in [7, 11) is 0. The molecule has 0 bridgehead atoms. The highest BCUT2D eigenvalue weighted by Gasteiger charge is 2.20. The van der Waals surface area contributed by atoms with Gasteiger partial charge < -0.3 is 5.32 Å². The van der Waals surface area contributed by atoms with Crippen molar-refractivity contribution in [3.05, 3.63) is 17.0 Å². The average Bonchev–Trinajstić information content (AvgIpc) is 3.01. The van der Waals surface area contributed by atoms with Crippen LogP contribution in [0.5, 0.6) is 0 Å². The van der Waals surface area contributed by atoms with Crippen LogP contribution >= 0.6 is 11.8 Å². The molecule has 7 heteroatoms. The Morgan fingerprint density at radius 1 is 1.24 bits per heavy atom. The summed E-state index contributed by atoms with van der Waals surface area (Å²) in [5, 5.41) is 7.99. The van der Waals surface area contributed by atoms with E-state index < -0.39 is 0 Å². The third kappa shape index (κ3) is 4.14. The third-order valence-electron chi connectivity index (χ3n) is 5.18. The molecule has 25 heavy (non-hydrogen) atoms. The van der Waals surface area contributed by atoms with Gasteiger partial charge in [-0.25, -0.2) is 9.50 Å². The lowest BCUT2D eigenvalue weighted by Gasteiger charge is -2.22.